The Morgan fingerprint density at radius 1 is 1.35 bits per heavy atom. The molecule has 1 fully saturated rings. The molecule has 1 atom stereocenters. The third-order valence-electron chi connectivity index (χ3n) is 4.48. The normalized spacial score (nSPS) is 22.6. The molecule has 0 bridgehead atoms. The predicted octanol–water partition coefficient (Wildman–Crippen LogP) is 3.37. The second kappa shape index (κ2) is 5.78. The topological polar surface area (TPSA) is 52.8 Å². The van der Waals surface area contributed by atoms with Crippen molar-refractivity contribution in [1.82, 2.24) is 10.2 Å². The van der Waals surface area contributed by atoms with Gasteiger partial charge in [-0.15, -0.1) is 5.10 Å². The van der Waals surface area contributed by atoms with E-state index in [0.29, 0.717) is 11.0 Å². The fraction of sp³-hybridized carbons (Fsp3) is 0.688. The number of hydrogen-bond acceptors (Lipinski definition) is 4. The SMILES string of the molecule is CCCC1(C)CCCN(c2nnc(C)c(C)c2C#N)C1. The molecule has 0 spiro atoms. The van der Waals surface area contributed by atoms with Gasteiger partial charge in [0.15, 0.2) is 5.82 Å². The summed E-state index contributed by atoms with van der Waals surface area (Å²) >= 11 is 0. The molecule has 0 aromatic carbocycles. The summed E-state index contributed by atoms with van der Waals surface area (Å²) in [7, 11) is 0. The molecule has 2 heterocycles. The van der Waals surface area contributed by atoms with Crippen molar-refractivity contribution in [2.45, 2.75) is 53.4 Å². The van der Waals surface area contributed by atoms with Crippen LogP contribution in [-0.2, 0) is 0 Å². The van der Waals surface area contributed by atoms with Gasteiger partial charge in [0.25, 0.3) is 0 Å². The van der Waals surface area contributed by atoms with Crippen LogP contribution in [-0.4, -0.2) is 23.3 Å². The van der Waals surface area contributed by atoms with E-state index in [9.17, 15) is 5.26 Å². The van der Waals surface area contributed by atoms with Crippen LogP contribution in [0.15, 0.2) is 0 Å². The van der Waals surface area contributed by atoms with Gasteiger partial charge < -0.3 is 4.90 Å². The molecule has 108 valence electrons. The lowest BCUT2D eigenvalue weighted by molar-refractivity contribution is 0.238. The van der Waals surface area contributed by atoms with Gasteiger partial charge in [0.1, 0.15) is 11.6 Å². The summed E-state index contributed by atoms with van der Waals surface area (Å²) in [5.74, 6) is 0.776. The molecule has 0 saturated carbocycles. The van der Waals surface area contributed by atoms with Gasteiger partial charge >= 0.3 is 0 Å². The number of aryl methyl sites for hydroxylation is 1. The summed E-state index contributed by atoms with van der Waals surface area (Å²) in [5, 5.41) is 18.0. The Morgan fingerprint density at radius 3 is 2.75 bits per heavy atom. The van der Waals surface area contributed by atoms with Crippen molar-refractivity contribution < 1.29 is 0 Å². The van der Waals surface area contributed by atoms with Crippen LogP contribution in [0.2, 0.25) is 0 Å². The first-order chi connectivity index (χ1) is 9.50. The summed E-state index contributed by atoms with van der Waals surface area (Å²) in [4.78, 5) is 2.26. The molecule has 1 aliphatic rings. The van der Waals surface area contributed by atoms with E-state index < -0.39 is 0 Å². The van der Waals surface area contributed by atoms with E-state index in [2.05, 4.69) is 35.0 Å². The number of hydrogen-bond donors (Lipinski definition) is 0. The van der Waals surface area contributed by atoms with Crippen molar-refractivity contribution in [3.05, 3.63) is 16.8 Å². The third kappa shape index (κ3) is 2.77. The van der Waals surface area contributed by atoms with Crippen LogP contribution in [0.3, 0.4) is 0 Å². The van der Waals surface area contributed by atoms with Gasteiger partial charge in [0.05, 0.1) is 5.69 Å². The van der Waals surface area contributed by atoms with E-state index in [1.165, 1.54) is 19.3 Å². The quantitative estimate of drug-likeness (QED) is 0.846. The summed E-state index contributed by atoms with van der Waals surface area (Å²) < 4.78 is 0. The molecule has 4 nitrogen and oxygen atoms in total. The fourth-order valence-electron chi connectivity index (χ4n) is 3.26. The number of piperidine rings is 1. The molecule has 4 heteroatoms. The minimum atomic E-state index is 0.334. The smallest absolute Gasteiger partial charge is 0.169 e. The minimum Gasteiger partial charge on any atom is -0.353 e. The first kappa shape index (κ1) is 14.8. The van der Waals surface area contributed by atoms with Crippen LogP contribution in [0.5, 0.6) is 0 Å². The van der Waals surface area contributed by atoms with Crippen molar-refractivity contribution in [3.8, 4) is 6.07 Å². The molecule has 1 aromatic heterocycles. The average molecular weight is 272 g/mol. The Kier molecular flexibility index (Phi) is 4.27. The molecular formula is C16H24N4. The largest absolute Gasteiger partial charge is 0.353 e. The third-order valence-corrected chi connectivity index (χ3v) is 4.48. The lowest BCUT2D eigenvalue weighted by atomic mass is 9.78. The van der Waals surface area contributed by atoms with Gasteiger partial charge in [0, 0.05) is 13.1 Å². The van der Waals surface area contributed by atoms with Gasteiger partial charge in [-0.2, -0.15) is 10.4 Å². The molecule has 20 heavy (non-hydrogen) atoms. The molecule has 0 N–H and O–H groups in total. The molecule has 2 rings (SSSR count). The van der Waals surface area contributed by atoms with Gasteiger partial charge in [0.2, 0.25) is 0 Å². The number of aromatic nitrogens is 2. The number of anilines is 1. The van der Waals surface area contributed by atoms with Gasteiger partial charge in [-0.3, -0.25) is 0 Å². The number of nitrogens with zero attached hydrogens (tertiary/aromatic N) is 4. The highest BCUT2D eigenvalue weighted by Gasteiger charge is 2.32. The highest BCUT2D eigenvalue weighted by molar-refractivity contribution is 5.57. The van der Waals surface area contributed by atoms with E-state index in [-0.39, 0.29) is 0 Å². The van der Waals surface area contributed by atoms with Gasteiger partial charge in [-0.25, -0.2) is 0 Å². The molecule has 1 unspecified atom stereocenters. The summed E-state index contributed by atoms with van der Waals surface area (Å²) in [5.41, 5.74) is 2.83. The molecule has 1 saturated heterocycles. The van der Waals surface area contributed by atoms with Crippen LogP contribution in [0.1, 0.15) is 56.4 Å². The second-order valence-electron chi connectivity index (χ2n) is 6.31. The summed E-state index contributed by atoms with van der Waals surface area (Å²) in [6, 6.07) is 2.32. The van der Waals surface area contributed by atoms with E-state index >= 15 is 0 Å². The van der Waals surface area contributed by atoms with Crippen molar-refractivity contribution in [2.24, 2.45) is 5.41 Å². The number of nitriles is 1. The molecular weight excluding hydrogens is 248 g/mol. The van der Waals surface area contributed by atoms with Gasteiger partial charge in [-0.1, -0.05) is 20.3 Å². The van der Waals surface area contributed by atoms with Crippen molar-refractivity contribution in [3.63, 3.8) is 0 Å². The lowest BCUT2D eigenvalue weighted by Gasteiger charge is -2.41. The number of rotatable bonds is 3. The maximum Gasteiger partial charge on any atom is 0.169 e. The van der Waals surface area contributed by atoms with E-state index in [1.54, 1.807) is 0 Å². The fourth-order valence-corrected chi connectivity index (χ4v) is 3.26. The maximum atomic E-state index is 9.44. The Labute approximate surface area is 121 Å². The van der Waals surface area contributed by atoms with Crippen LogP contribution in [0.25, 0.3) is 0 Å². The predicted molar refractivity (Wildman–Crippen MR) is 80.7 cm³/mol. The average Bonchev–Trinajstić information content (AvgIpc) is 2.41. The summed E-state index contributed by atoms with van der Waals surface area (Å²) in [6.45, 7) is 10.4. The Balaban J connectivity index is 2.33. The van der Waals surface area contributed by atoms with E-state index in [0.717, 1.165) is 36.6 Å². The summed E-state index contributed by atoms with van der Waals surface area (Å²) in [6.07, 6.45) is 4.85. The Bertz CT molecular complexity index is 528. The van der Waals surface area contributed by atoms with E-state index in [1.807, 2.05) is 13.8 Å². The molecule has 0 amide bonds. The minimum absolute atomic E-state index is 0.334. The van der Waals surface area contributed by atoms with Crippen LogP contribution in [0.4, 0.5) is 5.82 Å². The zero-order valence-electron chi connectivity index (χ0n) is 13.0. The standard InChI is InChI=1S/C16H24N4/c1-5-7-16(4)8-6-9-20(11-16)15-14(10-17)12(2)13(3)18-19-15/h5-9,11H2,1-4H3. The zero-order valence-corrected chi connectivity index (χ0v) is 13.0. The Morgan fingerprint density at radius 2 is 2.10 bits per heavy atom. The van der Waals surface area contributed by atoms with Crippen molar-refractivity contribution in [1.29, 1.82) is 5.26 Å². The molecule has 0 radical (unpaired) electrons. The van der Waals surface area contributed by atoms with Crippen molar-refractivity contribution >= 4 is 5.82 Å². The van der Waals surface area contributed by atoms with Crippen molar-refractivity contribution in [2.75, 3.05) is 18.0 Å². The van der Waals surface area contributed by atoms with Gasteiger partial charge in [-0.05, 0) is 44.1 Å². The maximum absolute atomic E-state index is 9.44. The first-order valence-electron chi connectivity index (χ1n) is 7.49. The second-order valence-corrected chi connectivity index (χ2v) is 6.31. The lowest BCUT2D eigenvalue weighted by Crippen LogP contribution is -2.42. The Hall–Kier alpha value is -1.63. The molecule has 0 aliphatic carbocycles. The monoisotopic (exact) mass is 272 g/mol. The van der Waals surface area contributed by atoms with E-state index in [4.69, 9.17) is 0 Å². The highest BCUT2D eigenvalue weighted by Crippen LogP contribution is 2.36. The van der Waals surface area contributed by atoms with Crippen LogP contribution in [0, 0.1) is 30.6 Å². The first-order valence-corrected chi connectivity index (χ1v) is 7.49. The van der Waals surface area contributed by atoms with Crippen LogP contribution < -0.4 is 4.90 Å². The van der Waals surface area contributed by atoms with Crippen LogP contribution >= 0.6 is 0 Å². The molecule has 1 aromatic rings. The molecule has 1 aliphatic heterocycles. The zero-order chi connectivity index (χ0) is 14.8. The highest BCUT2D eigenvalue weighted by atomic mass is 15.3.